The van der Waals surface area contributed by atoms with Crippen molar-refractivity contribution in [2.24, 2.45) is 7.05 Å². The number of nitrogens with one attached hydrogen (secondary N) is 1. The Balaban J connectivity index is 1.04. The molecule has 8 rings (SSSR count). The number of aldehydes is 1. The lowest BCUT2D eigenvalue weighted by molar-refractivity contribution is -0.0660. The van der Waals surface area contributed by atoms with Crippen molar-refractivity contribution in [2.75, 3.05) is 61.1 Å². The molecule has 14 heteroatoms. The van der Waals surface area contributed by atoms with Gasteiger partial charge in [-0.1, -0.05) is 0 Å². The zero-order valence-corrected chi connectivity index (χ0v) is 27.1. The Morgan fingerprint density at radius 3 is 2.55 bits per heavy atom. The second-order valence-corrected chi connectivity index (χ2v) is 13.2. The van der Waals surface area contributed by atoms with E-state index in [2.05, 4.69) is 25.1 Å². The molecule has 0 atom stereocenters. The number of carbonyl (C=O) groups excluding carboxylic acids is 2. The molecule has 254 valence electrons. The van der Waals surface area contributed by atoms with E-state index in [0.29, 0.717) is 47.2 Å². The van der Waals surface area contributed by atoms with Crippen LogP contribution in [0.4, 0.5) is 31.8 Å². The third-order valence-electron chi connectivity index (χ3n) is 10.2. The monoisotopic (exact) mass is 670 g/mol. The minimum Gasteiger partial charge on any atom is -0.378 e. The number of pyridine rings is 3. The summed E-state index contributed by atoms with van der Waals surface area (Å²) in [6.07, 6.45) is 5.17. The molecule has 0 radical (unpaired) electrons. The van der Waals surface area contributed by atoms with E-state index in [1.54, 1.807) is 42.2 Å². The standard InChI is InChI=1S/C35H36F2N8O4/c1-41-18-23(14-28(33(41)47)40-31-3-2-24(17-39-31)42-8-10-43(11-9-42)25-20-49-21-25)26-5-7-38-32(27(26)19-46)45-13-12-44-29(34(45)48)15-22-4-6-35(36,37)16-30(22)44/h2-3,5,7,14-15,17-19,25H,4,6,8-13,16,20-21H2,1H3,(H,39,40). The lowest BCUT2D eigenvalue weighted by Gasteiger charge is -2.43. The fraction of sp³-hybridized carbons (Fsp3) is 0.400. The van der Waals surface area contributed by atoms with Crippen molar-refractivity contribution in [1.82, 2.24) is 24.0 Å². The second-order valence-electron chi connectivity index (χ2n) is 13.2. The van der Waals surface area contributed by atoms with E-state index in [1.165, 1.54) is 15.7 Å². The van der Waals surface area contributed by atoms with E-state index >= 15 is 0 Å². The maximum atomic E-state index is 14.2. The molecule has 12 nitrogen and oxygen atoms in total. The van der Waals surface area contributed by atoms with Gasteiger partial charge in [-0.2, -0.15) is 0 Å². The van der Waals surface area contributed by atoms with Crippen LogP contribution in [0.1, 0.15) is 38.5 Å². The molecule has 2 saturated heterocycles. The number of rotatable bonds is 7. The molecule has 0 spiro atoms. The molecule has 0 aromatic carbocycles. The summed E-state index contributed by atoms with van der Waals surface area (Å²) in [5.74, 6) is -2.52. The molecular weight excluding hydrogens is 634 g/mol. The summed E-state index contributed by atoms with van der Waals surface area (Å²) in [6.45, 7) is 5.84. The molecule has 3 aliphatic heterocycles. The highest BCUT2D eigenvalue weighted by atomic mass is 19.3. The SMILES string of the molecule is Cn1cc(-c2ccnc(N3CCn4c(cc5c4CC(F)(F)CC5)C3=O)c2C=O)cc(Nc2ccc(N3CCN(C4COC4)CC3)cn2)c1=O. The molecule has 0 unspecified atom stereocenters. The van der Waals surface area contributed by atoms with Crippen LogP contribution in [0.15, 0.2) is 53.7 Å². The van der Waals surface area contributed by atoms with Crippen LogP contribution in [0, 0.1) is 0 Å². The summed E-state index contributed by atoms with van der Waals surface area (Å²) in [7, 11) is 1.62. The Morgan fingerprint density at radius 1 is 1.02 bits per heavy atom. The van der Waals surface area contributed by atoms with E-state index < -0.39 is 11.8 Å². The van der Waals surface area contributed by atoms with Gasteiger partial charge in [0, 0.05) is 76.4 Å². The average molecular weight is 671 g/mol. The molecule has 4 aliphatic rings. The van der Waals surface area contributed by atoms with Crippen molar-refractivity contribution in [2.45, 2.75) is 37.8 Å². The molecule has 7 heterocycles. The van der Waals surface area contributed by atoms with Crippen molar-refractivity contribution in [3.05, 3.63) is 81.8 Å². The van der Waals surface area contributed by atoms with Gasteiger partial charge in [-0.25, -0.2) is 18.7 Å². The van der Waals surface area contributed by atoms with Gasteiger partial charge >= 0.3 is 0 Å². The summed E-state index contributed by atoms with van der Waals surface area (Å²) < 4.78 is 36.9. The Labute approximate surface area is 280 Å². The molecule has 1 N–H and O–H groups in total. The molecule has 2 fully saturated rings. The van der Waals surface area contributed by atoms with Gasteiger partial charge in [0.1, 0.15) is 23.0 Å². The normalized spacial score (nSPS) is 19.3. The number of halogens is 2. The fourth-order valence-corrected chi connectivity index (χ4v) is 7.35. The van der Waals surface area contributed by atoms with Crippen molar-refractivity contribution < 1.29 is 23.1 Å². The number of aryl methyl sites for hydroxylation is 2. The van der Waals surface area contributed by atoms with Crippen molar-refractivity contribution >= 4 is 35.2 Å². The smallest absolute Gasteiger partial charge is 0.276 e. The highest BCUT2D eigenvalue weighted by molar-refractivity contribution is 6.08. The zero-order chi connectivity index (χ0) is 33.9. The summed E-state index contributed by atoms with van der Waals surface area (Å²) in [6, 6.07) is 9.37. The van der Waals surface area contributed by atoms with E-state index in [4.69, 9.17) is 4.74 Å². The number of piperazine rings is 1. The van der Waals surface area contributed by atoms with Crippen molar-refractivity contribution in [3.8, 4) is 11.1 Å². The molecular formula is C35H36F2N8O4. The van der Waals surface area contributed by atoms with Gasteiger partial charge < -0.3 is 24.1 Å². The van der Waals surface area contributed by atoms with Gasteiger partial charge in [0.2, 0.25) is 0 Å². The van der Waals surface area contributed by atoms with Crippen molar-refractivity contribution in [1.29, 1.82) is 0 Å². The lowest BCUT2D eigenvalue weighted by atomic mass is 9.94. The largest absolute Gasteiger partial charge is 0.378 e. The zero-order valence-electron chi connectivity index (χ0n) is 27.1. The van der Waals surface area contributed by atoms with Crippen LogP contribution in [0.25, 0.3) is 11.1 Å². The predicted molar refractivity (Wildman–Crippen MR) is 179 cm³/mol. The highest BCUT2D eigenvalue weighted by Crippen LogP contribution is 2.37. The van der Waals surface area contributed by atoms with E-state index in [9.17, 15) is 23.2 Å². The van der Waals surface area contributed by atoms with Crippen LogP contribution in [0.5, 0.6) is 0 Å². The quantitative estimate of drug-likeness (QED) is 0.295. The van der Waals surface area contributed by atoms with Gasteiger partial charge in [0.05, 0.1) is 43.1 Å². The molecule has 1 amide bonds. The third kappa shape index (κ3) is 5.68. The molecule has 4 aromatic rings. The highest BCUT2D eigenvalue weighted by Gasteiger charge is 2.40. The Bertz CT molecular complexity index is 2000. The number of alkyl halides is 2. The van der Waals surface area contributed by atoms with E-state index in [-0.39, 0.29) is 48.4 Å². The first-order chi connectivity index (χ1) is 23.7. The summed E-state index contributed by atoms with van der Waals surface area (Å²) in [4.78, 5) is 54.8. The molecule has 0 saturated carbocycles. The summed E-state index contributed by atoms with van der Waals surface area (Å²) in [5, 5.41) is 3.14. The Morgan fingerprint density at radius 2 is 1.84 bits per heavy atom. The lowest BCUT2D eigenvalue weighted by Crippen LogP contribution is -2.56. The number of hydrogen-bond donors (Lipinski definition) is 1. The van der Waals surface area contributed by atoms with Crippen LogP contribution in [0.3, 0.4) is 0 Å². The summed E-state index contributed by atoms with van der Waals surface area (Å²) >= 11 is 0. The van der Waals surface area contributed by atoms with Crippen LogP contribution in [-0.2, 0) is 31.2 Å². The Hall–Kier alpha value is -4.95. The number of ether oxygens (including phenoxy) is 1. The fourth-order valence-electron chi connectivity index (χ4n) is 7.35. The van der Waals surface area contributed by atoms with Gasteiger partial charge in [-0.3, -0.25) is 24.2 Å². The minimum atomic E-state index is -2.80. The van der Waals surface area contributed by atoms with Crippen molar-refractivity contribution in [3.63, 3.8) is 0 Å². The number of amides is 1. The van der Waals surface area contributed by atoms with E-state index in [1.807, 2.05) is 12.1 Å². The first-order valence-corrected chi connectivity index (χ1v) is 16.5. The number of carbonyl (C=O) groups is 2. The number of fused-ring (bicyclic) bond motifs is 3. The van der Waals surface area contributed by atoms with Crippen LogP contribution >= 0.6 is 0 Å². The molecule has 49 heavy (non-hydrogen) atoms. The summed E-state index contributed by atoms with van der Waals surface area (Å²) in [5.41, 5.74) is 3.81. The number of aromatic nitrogens is 4. The molecule has 0 bridgehead atoms. The second kappa shape index (κ2) is 12.2. The van der Waals surface area contributed by atoms with Gasteiger partial charge in [0.15, 0.2) is 6.29 Å². The molecule has 4 aromatic heterocycles. The van der Waals surface area contributed by atoms with Crippen LogP contribution in [-0.4, -0.2) is 94.1 Å². The maximum Gasteiger partial charge on any atom is 0.276 e. The van der Waals surface area contributed by atoms with Crippen LogP contribution in [0.2, 0.25) is 0 Å². The third-order valence-corrected chi connectivity index (χ3v) is 10.2. The topological polar surface area (TPSA) is 118 Å². The number of hydrogen-bond acceptors (Lipinski definition) is 9. The number of anilines is 4. The number of nitrogens with zero attached hydrogens (tertiary/aromatic N) is 7. The van der Waals surface area contributed by atoms with Gasteiger partial charge in [-0.15, -0.1) is 0 Å². The van der Waals surface area contributed by atoms with Gasteiger partial charge in [-0.05, 0) is 47.9 Å². The predicted octanol–water partition coefficient (Wildman–Crippen LogP) is 3.51. The average Bonchev–Trinajstić information content (AvgIpc) is 3.44. The van der Waals surface area contributed by atoms with Crippen LogP contribution < -0.4 is 20.7 Å². The Kier molecular flexibility index (Phi) is 7.79. The first kappa shape index (κ1) is 31.3. The minimum absolute atomic E-state index is 0.169. The van der Waals surface area contributed by atoms with E-state index in [0.717, 1.165) is 50.6 Å². The maximum absolute atomic E-state index is 14.2. The molecule has 1 aliphatic carbocycles. The van der Waals surface area contributed by atoms with Gasteiger partial charge in [0.25, 0.3) is 17.4 Å². The first-order valence-electron chi connectivity index (χ1n) is 16.5.